The molecular weight excluding hydrogens is 266 g/mol. The SMILES string of the molecule is Cl.N[C@@H](c1ccc(F)c(F)c1O)C(F)(F)CO. The minimum Gasteiger partial charge on any atom is -0.505 e. The van der Waals surface area contributed by atoms with Crippen LogP contribution in [0.4, 0.5) is 17.6 Å². The van der Waals surface area contributed by atoms with E-state index in [-0.39, 0.29) is 12.4 Å². The number of benzene rings is 1. The van der Waals surface area contributed by atoms with E-state index in [1.807, 2.05) is 0 Å². The van der Waals surface area contributed by atoms with Gasteiger partial charge in [0.2, 0.25) is 5.82 Å². The van der Waals surface area contributed by atoms with Gasteiger partial charge >= 0.3 is 0 Å². The lowest BCUT2D eigenvalue weighted by molar-refractivity contribution is -0.0716. The number of aliphatic hydroxyl groups excluding tert-OH is 1. The molecule has 98 valence electrons. The van der Waals surface area contributed by atoms with Crippen LogP contribution in [0.5, 0.6) is 5.75 Å². The van der Waals surface area contributed by atoms with E-state index in [1.54, 1.807) is 0 Å². The molecule has 1 aromatic rings. The van der Waals surface area contributed by atoms with E-state index >= 15 is 0 Å². The molecule has 0 amide bonds. The van der Waals surface area contributed by atoms with E-state index in [0.717, 1.165) is 6.07 Å². The average molecular weight is 276 g/mol. The van der Waals surface area contributed by atoms with E-state index < -0.39 is 41.5 Å². The molecule has 17 heavy (non-hydrogen) atoms. The maximum atomic E-state index is 12.9. The van der Waals surface area contributed by atoms with E-state index in [4.69, 9.17) is 15.9 Å². The van der Waals surface area contributed by atoms with Crippen LogP contribution in [-0.2, 0) is 0 Å². The van der Waals surface area contributed by atoms with Crippen molar-refractivity contribution in [2.75, 3.05) is 6.61 Å². The van der Waals surface area contributed by atoms with Crippen molar-refractivity contribution < 1.29 is 27.8 Å². The second-order valence-corrected chi connectivity index (χ2v) is 3.20. The zero-order chi connectivity index (χ0) is 12.5. The van der Waals surface area contributed by atoms with Crippen molar-refractivity contribution >= 4 is 12.4 Å². The number of nitrogens with two attached hydrogens (primary N) is 1. The predicted molar refractivity (Wildman–Crippen MR) is 54.2 cm³/mol. The lowest BCUT2D eigenvalue weighted by Crippen LogP contribution is -2.36. The van der Waals surface area contributed by atoms with Crippen molar-refractivity contribution in [3.8, 4) is 5.75 Å². The van der Waals surface area contributed by atoms with Crippen molar-refractivity contribution in [3.05, 3.63) is 29.3 Å². The van der Waals surface area contributed by atoms with Crippen LogP contribution < -0.4 is 5.73 Å². The van der Waals surface area contributed by atoms with Gasteiger partial charge in [-0.25, -0.2) is 13.2 Å². The quantitative estimate of drug-likeness (QED) is 0.736. The van der Waals surface area contributed by atoms with Crippen LogP contribution >= 0.6 is 12.4 Å². The highest BCUT2D eigenvalue weighted by Crippen LogP contribution is 2.35. The second-order valence-electron chi connectivity index (χ2n) is 3.20. The molecule has 0 aliphatic carbocycles. The van der Waals surface area contributed by atoms with Gasteiger partial charge in [-0.3, -0.25) is 0 Å². The Hall–Kier alpha value is -1.05. The van der Waals surface area contributed by atoms with Gasteiger partial charge < -0.3 is 15.9 Å². The van der Waals surface area contributed by atoms with Crippen LogP contribution in [0, 0.1) is 11.6 Å². The third-order valence-corrected chi connectivity index (χ3v) is 2.10. The Morgan fingerprint density at radius 2 is 1.82 bits per heavy atom. The summed E-state index contributed by atoms with van der Waals surface area (Å²) >= 11 is 0. The van der Waals surface area contributed by atoms with Gasteiger partial charge in [0.1, 0.15) is 12.6 Å². The number of alkyl halides is 2. The summed E-state index contributed by atoms with van der Waals surface area (Å²) in [4.78, 5) is 0. The molecular formula is C9H10ClF4NO2. The minimum atomic E-state index is -3.73. The molecule has 0 spiro atoms. The normalized spacial score (nSPS) is 13.1. The van der Waals surface area contributed by atoms with Gasteiger partial charge in [0.25, 0.3) is 5.92 Å². The van der Waals surface area contributed by atoms with Crippen LogP contribution in [0.25, 0.3) is 0 Å². The Morgan fingerprint density at radius 1 is 1.29 bits per heavy atom. The molecule has 0 aliphatic heterocycles. The molecule has 0 unspecified atom stereocenters. The Balaban J connectivity index is 0.00000256. The number of aromatic hydroxyl groups is 1. The Labute approximate surface area is 100 Å². The van der Waals surface area contributed by atoms with Crippen molar-refractivity contribution in [3.63, 3.8) is 0 Å². The zero-order valence-corrected chi connectivity index (χ0v) is 9.15. The van der Waals surface area contributed by atoms with Gasteiger partial charge in [0.15, 0.2) is 11.6 Å². The van der Waals surface area contributed by atoms with Crippen LogP contribution in [0.2, 0.25) is 0 Å². The van der Waals surface area contributed by atoms with E-state index in [0.29, 0.717) is 6.07 Å². The average Bonchev–Trinajstić information content (AvgIpc) is 2.25. The Bertz CT molecular complexity index is 403. The van der Waals surface area contributed by atoms with Gasteiger partial charge in [0.05, 0.1) is 0 Å². The molecule has 3 nitrogen and oxygen atoms in total. The van der Waals surface area contributed by atoms with Gasteiger partial charge in [0, 0.05) is 5.56 Å². The number of halogens is 5. The molecule has 0 heterocycles. The fraction of sp³-hybridized carbons (Fsp3) is 0.333. The summed E-state index contributed by atoms with van der Waals surface area (Å²) in [6.07, 6.45) is 0. The standard InChI is InChI=1S/C9H9F4NO2.ClH/c10-5-2-1-4(7(16)6(5)11)8(14)9(12,13)3-15;/h1-2,8,15-16H,3,14H2;1H/t8-;/m0./s1. The summed E-state index contributed by atoms with van der Waals surface area (Å²) < 4.78 is 51.3. The number of hydrogen-bond donors (Lipinski definition) is 3. The number of hydrogen-bond acceptors (Lipinski definition) is 3. The van der Waals surface area contributed by atoms with Gasteiger partial charge in [-0.1, -0.05) is 6.07 Å². The third kappa shape index (κ3) is 2.99. The smallest absolute Gasteiger partial charge is 0.289 e. The number of phenolic OH excluding ortho intramolecular Hbond substituents is 1. The summed E-state index contributed by atoms with van der Waals surface area (Å²) in [5.41, 5.74) is 4.38. The molecule has 4 N–H and O–H groups in total. The zero-order valence-electron chi connectivity index (χ0n) is 8.33. The van der Waals surface area contributed by atoms with Crippen molar-refractivity contribution in [2.45, 2.75) is 12.0 Å². The molecule has 0 radical (unpaired) electrons. The monoisotopic (exact) mass is 275 g/mol. The van der Waals surface area contributed by atoms with Crippen LogP contribution in [-0.4, -0.2) is 22.7 Å². The summed E-state index contributed by atoms with van der Waals surface area (Å²) in [6, 6.07) is -0.813. The van der Waals surface area contributed by atoms with Gasteiger partial charge in [-0.15, -0.1) is 12.4 Å². The predicted octanol–water partition coefficient (Wildman–Crippen LogP) is 1.72. The first-order chi connectivity index (χ1) is 7.31. The second kappa shape index (κ2) is 5.52. The molecule has 8 heteroatoms. The molecule has 0 aliphatic rings. The van der Waals surface area contributed by atoms with Gasteiger partial charge in [-0.05, 0) is 6.07 Å². The van der Waals surface area contributed by atoms with Crippen molar-refractivity contribution in [2.24, 2.45) is 5.73 Å². The molecule has 1 aromatic carbocycles. The molecule has 1 rings (SSSR count). The summed E-state index contributed by atoms with van der Waals surface area (Å²) in [5.74, 6) is -8.04. The first kappa shape index (κ1) is 16.0. The summed E-state index contributed by atoms with van der Waals surface area (Å²) in [6.45, 7) is -1.56. The number of aliphatic hydroxyl groups is 1. The largest absolute Gasteiger partial charge is 0.505 e. The van der Waals surface area contributed by atoms with Crippen molar-refractivity contribution in [1.82, 2.24) is 0 Å². The highest BCUT2D eigenvalue weighted by Gasteiger charge is 2.39. The minimum absolute atomic E-state index is 0. The van der Waals surface area contributed by atoms with Crippen LogP contribution in [0.15, 0.2) is 12.1 Å². The first-order valence-electron chi connectivity index (χ1n) is 4.22. The van der Waals surface area contributed by atoms with Gasteiger partial charge in [-0.2, -0.15) is 4.39 Å². The third-order valence-electron chi connectivity index (χ3n) is 2.10. The lowest BCUT2D eigenvalue weighted by atomic mass is 10.0. The maximum Gasteiger partial charge on any atom is 0.289 e. The maximum absolute atomic E-state index is 12.9. The van der Waals surface area contributed by atoms with Crippen LogP contribution in [0.3, 0.4) is 0 Å². The molecule has 0 saturated carbocycles. The van der Waals surface area contributed by atoms with E-state index in [9.17, 15) is 17.6 Å². The fourth-order valence-corrected chi connectivity index (χ4v) is 1.13. The van der Waals surface area contributed by atoms with Crippen LogP contribution in [0.1, 0.15) is 11.6 Å². The first-order valence-corrected chi connectivity index (χ1v) is 4.22. The fourth-order valence-electron chi connectivity index (χ4n) is 1.13. The van der Waals surface area contributed by atoms with E-state index in [2.05, 4.69) is 0 Å². The Morgan fingerprint density at radius 3 is 2.29 bits per heavy atom. The van der Waals surface area contributed by atoms with Crippen molar-refractivity contribution in [1.29, 1.82) is 0 Å². The molecule has 0 bridgehead atoms. The highest BCUT2D eigenvalue weighted by molar-refractivity contribution is 5.85. The molecule has 0 aromatic heterocycles. The molecule has 0 fully saturated rings. The Kier molecular flexibility index (Phi) is 5.18. The molecule has 0 saturated heterocycles. The lowest BCUT2D eigenvalue weighted by Gasteiger charge is -2.22. The summed E-state index contributed by atoms with van der Waals surface area (Å²) in [7, 11) is 0. The van der Waals surface area contributed by atoms with E-state index in [1.165, 1.54) is 0 Å². The molecule has 1 atom stereocenters. The number of rotatable bonds is 3. The number of phenols is 1. The topological polar surface area (TPSA) is 66.5 Å². The summed E-state index contributed by atoms with van der Waals surface area (Å²) in [5, 5.41) is 17.5. The highest BCUT2D eigenvalue weighted by atomic mass is 35.5.